The van der Waals surface area contributed by atoms with Crippen molar-refractivity contribution >= 4 is 11.6 Å². The molecule has 1 amide bonds. The second-order valence-corrected chi connectivity index (χ2v) is 5.66. The third-order valence-electron chi connectivity index (χ3n) is 3.03. The molecule has 0 aromatic heterocycles. The largest absolute Gasteiger partial charge is 0.378 e. The Bertz CT molecular complexity index is 492. The minimum Gasteiger partial charge on any atom is -0.378 e. The normalized spacial score (nSPS) is 12.0. The summed E-state index contributed by atoms with van der Waals surface area (Å²) in [6.07, 6.45) is 2.39. The molecule has 1 atom stereocenters. The first kappa shape index (κ1) is 17.2. The van der Waals surface area contributed by atoms with Gasteiger partial charge in [0.25, 0.3) is 0 Å². The van der Waals surface area contributed by atoms with Gasteiger partial charge in [-0.25, -0.2) is 0 Å². The predicted molar refractivity (Wildman–Crippen MR) is 83.9 cm³/mol. The quantitative estimate of drug-likeness (QED) is 0.741. The van der Waals surface area contributed by atoms with E-state index in [2.05, 4.69) is 26.1 Å². The highest BCUT2D eigenvalue weighted by atomic mass is 16.5. The molecular formula is C17H24N2O2. The molecule has 0 heterocycles. The van der Waals surface area contributed by atoms with E-state index in [9.17, 15) is 4.79 Å². The molecule has 4 nitrogen and oxygen atoms in total. The van der Waals surface area contributed by atoms with Crippen molar-refractivity contribution in [1.29, 1.82) is 5.26 Å². The standard InChI is InChI=1S/C17H24N2O2/c1-13(2)10-14(3)21-9-5-8-17(20)19-16-7-4-6-15(11-16)12-18/h4,6-7,11,13-14H,5,8-10H2,1-3H3,(H,19,20). The van der Waals surface area contributed by atoms with Gasteiger partial charge in [-0.2, -0.15) is 5.26 Å². The molecule has 0 saturated heterocycles. The van der Waals surface area contributed by atoms with E-state index in [-0.39, 0.29) is 12.0 Å². The van der Waals surface area contributed by atoms with Crippen LogP contribution in [0.2, 0.25) is 0 Å². The SMILES string of the molecule is CC(C)CC(C)OCCCC(=O)Nc1cccc(C#N)c1. The fraction of sp³-hybridized carbons (Fsp3) is 0.529. The molecule has 0 bridgehead atoms. The number of nitriles is 1. The molecule has 114 valence electrons. The van der Waals surface area contributed by atoms with Crippen molar-refractivity contribution in [3.05, 3.63) is 29.8 Å². The maximum Gasteiger partial charge on any atom is 0.224 e. The van der Waals surface area contributed by atoms with Crippen LogP contribution in [0.3, 0.4) is 0 Å². The van der Waals surface area contributed by atoms with Crippen LogP contribution in [0, 0.1) is 17.2 Å². The van der Waals surface area contributed by atoms with Crippen molar-refractivity contribution in [3.8, 4) is 6.07 Å². The van der Waals surface area contributed by atoms with Crippen LogP contribution < -0.4 is 5.32 Å². The molecule has 0 saturated carbocycles. The number of hydrogen-bond acceptors (Lipinski definition) is 3. The lowest BCUT2D eigenvalue weighted by Crippen LogP contribution is -2.15. The first-order valence-corrected chi connectivity index (χ1v) is 7.43. The van der Waals surface area contributed by atoms with E-state index >= 15 is 0 Å². The molecule has 0 spiro atoms. The highest BCUT2D eigenvalue weighted by Gasteiger charge is 2.06. The van der Waals surface area contributed by atoms with Gasteiger partial charge in [0, 0.05) is 18.7 Å². The summed E-state index contributed by atoms with van der Waals surface area (Å²) in [5.74, 6) is 0.570. The van der Waals surface area contributed by atoms with Gasteiger partial charge in [0.15, 0.2) is 0 Å². The van der Waals surface area contributed by atoms with Gasteiger partial charge in [-0.05, 0) is 43.9 Å². The number of rotatable bonds is 8. The number of carbonyl (C=O) groups excluding carboxylic acids is 1. The molecule has 1 N–H and O–H groups in total. The molecule has 0 aliphatic heterocycles. The Morgan fingerprint density at radius 3 is 2.81 bits per heavy atom. The minimum atomic E-state index is -0.0507. The Labute approximate surface area is 127 Å². The Kier molecular flexibility index (Phi) is 7.49. The van der Waals surface area contributed by atoms with Crippen molar-refractivity contribution in [3.63, 3.8) is 0 Å². The number of anilines is 1. The van der Waals surface area contributed by atoms with Gasteiger partial charge < -0.3 is 10.1 Å². The molecule has 0 aliphatic carbocycles. The Balaban J connectivity index is 2.24. The number of ether oxygens (including phenoxy) is 1. The zero-order valence-electron chi connectivity index (χ0n) is 13.1. The van der Waals surface area contributed by atoms with Crippen LogP contribution in [0.25, 0.3) is 0 Å². The van der Waals surface area contributed by atoms with Crippen LogP contribution in [0.1, 0.15) is 45.6 Å². The predicted octanol–water partition coefficient (Wildman–Crippen LogP) is 3.73. The second kappa shape index (κ2) is 9.15. The lowest BCUT2D eigenvalue weighted by atomic mass is 10.1. The van der Waals surface area contributed by atoms with Gasteiger partial charge >= 0.3 is 0 Å². The Morgan fingerprint density at radius 1 is 1.38 bits per heavy atom. The summed E-state index contributed by atoms with van der Waals surface area (Å²) in [5, 5.41) is 11.6. The average Bonchev–Trinajstić information content (AvgIpc) is 2.43. The molecule has 1 unspecified atom stereocenters. The van der Waals surface area contributed by atoms with E-state index in [1.807, 2.05) is 6.07 Å². The third-order valence-corrected chi connectivity index (χ3v) is 3.03. The lowest BCUT2D eigenvalue weighted by molar-refractivity contribution is -0.116. The van der Waals surface area contributed by atoms with Crippen LogP contribution in [-0.4, -0.2) is 18.6 Å². The van der Waals surface area contributed by atoms with Crippen molar-refractivity contribution in [2.24, 2.45) is 5.92 Å². The van der Waals surface area contributed by atoms with E-state index in [4.69, 9.17) is 10.00 Å². The maximum atomic E-state index is 11.8. The first-order valence-electron chi connectivity index (χ1n) is 7.43. The topological polar surface area (TPSA) is 62.1 Å². The van der Waals surface area contributed by atoms with Crippen LogP contribution in [0.4, 0.5) is 5.69 Å². The lowest BCUT2D eigenvalue weighted by Gasteiger charge is -2.14. The van der Waals surface area contributed by atoms with Crippen LogP contribution in [0.5, 0.6) is 0 Å². The third kappa shape index (κ3) is 7.48. The van der Waals surface area contributed by atoms with Crippen molar-refractivity contribution in [1.82, 2.24) is 0 Å². The summed E-state index contributed by atoms with van der Waals surface area (Å²) in [6.45, 7) is 7.00. The van der Waals surface area contributed by atoms with Crippen LogP contribution >= 0.6 is 0 Å². The molecule has 1 rings (SSSR count). The highest BCUT2D eigenvalue weighted by molar-refractivity contribution is 5.90. The van der Waals surface area contributed by atoms with Crippen molar-refractivity contribution < 1.29 is 9.53 Å². The molecule has 1 aromatic rings. The fourth-order valence-electron chi connectivity index (χ4n) is 2.14. The maximum absolute atomic E-state index is 11.8. The molecule has 1 aromatic carbocycles. The van der Waals surface area contributed by atoms with Crippen molar-refractivity contribution in [2.45, 2.75) is 46.1 Å². The second-order valence-electron chi connectivity index (χ2n) is 5.66. The van der Waals surface area contributed by atoms with E-state index < -0.39 is 0 Å². The summed E-state index contributed by atoms with van der Waals surface area (Å²) in [5.41, 5.74) is 1.20. The molecule has 21 heavy (non-hydrogen) atoms. The molecule has 0 aliphatic rings. The zero-order chi connectivity index (χ0) is 15.7. The molecular weight excluding hydrogens is 264 g/mol. The van der Waals surface area contributed by atoms with E-state index in [0.717, 1.165) is 6.42 Å². The minimum absolute atomic E-state index is 0.0507. The smallest absolute Gasteiger partial charge is 0.224 e. The van der Waals surface area contributed by atoms with Gasteiger partial charge in [-0.15, -0.1) is 0 Å². The average molecular weight is 288 g/mol. The summed E-state index contributed by atoms with van der Waals surface area (Å²) < 4.78 is 5.67. The zero-order valence-corrected chi connectivity index (χ0v) is 13.1. The van der Waals surface area contributed by atoms with Crippen LogP contribution in [0.15, 0.2) is 24.3 Å². The molecule has 4 heteroatoms. The van der Waals surface area contributed by atoms with Gasteiger partial charge in [0.2, 0.25) is 5.91 Å². The van der Waals surface area contributed by atoms with E-state index in [1.165, 1.54) is 0 Å². The monoisotopic (exact) mass is 288 g/mol. The van der Waals surface area contributed by atoms with E-state index in [0.29, 0.717) is 36.6 Å². The summed E-state index contributed by atoms with van der Waals surface area (Å²) in [4.78, 5) is 11.8. The summed E-state index contributed by atoms with van der Waals surface area (Å²) in [6, 6.07) is 8.96. The number of hydrogen-bond donors (Lipinski definition) is 1. The van der Waals surface area contributed by atoms with Crippen LogP contribution in [-0.2, 0) is 9.53 Å². The summed E-state index contributed by atoms with van der Waals surface area (Å²) in [7, 11) is 0. The van der Waals surface area contributed by atoms with Gasteiger partial charge in [-0.1, -0.05) is 19.9 Å². The first-order chi connectivity index (χ1) is 10.0. The van der Waals surface area contributed by atoms with Gasteiger partial charge in [0.05, 0.1) is 17.7 Å². The van der Waals surface area contributed by atoms with Gasteiger partial charge in [-0.3, -0.25) is 4.79 Å². The number of nitrogens with zero attached hydrogens (tertiary/aromatic N) is 1. The number of benzene rings is 1. The Morgan fingerprint density at radius 2 is 2.14 bits per heavy atom. The molecule has 0 radical (unpaired) electrons. The Hall–Kier alpha value is -1.86. The summed E-state index contributed by atoms with van der Waals surface area (Å²) >= 11 is 0. The number of amides is 1. The fourth-order valence-corrected chi connectivity index (χ4v) is 2.14. The number of nitrogens with one attached hydrogen (secondary N) is 1. The highest BCUT2D eigenvalue weighted by Crippen LogP contribution is 2.11. The number of carbonyl (C=O) groups is 1. The van der Waals surface area contributed by atoms with Crippen molar-refractivity contribution in [2.75, 3.05) is 11.9 Å². The molecule has 0 fully saturated rings. The van der Waals surface area contributed by atoms with Gasteiger partial charge in [0.1, 0.15) is 0 Å². The van der Waals surface area contributed by atoms with E-state index in [1.54, 1.807) is 24.3 Å².